The maximum absolute atomic E-state index is 12.3. The first-order valence-corrected chi connectivity index (χ1v) is 10.1. The minimum atomic E-state index is -0.212. The van der Waals surface area contributed by atoms with Gasteiger partial charge in [-0.1, -0.05) is 40.2 Å². The molecule has 0 aliphatic rings. The normalized spacial score (nSPS) is 10.9. The Labute approximate surface area is 179 Å². The second-order valence-electron chi connectivity index (χ2n) is 6.94. The van der Waals surface area contributed by atoms with E-state index in [0.29, 0.717) is 5.75 Å². The van der Waals surface area contributed by atoms with Crippen LogP contribution < -0.4 is 10.1 Å². The molecule has 3 aromatic carbocycles. The van der Waals surface area contributed by atoms with Crippen molar-refractivity contribution in [2.45, 2.75) is 20.8 Å². The highest BCUT2D eigenvalue weighted by Gasteiger charge is 2.08. The van der Waals surface area contributed by atoms with Crippen molar-refractivity contribution in [1.82, 2.24) is 0 Å². The van der Waals surface area contributed by atoms with Crippen LogP contribution >= 0.6 is 15.9 Å². The smallest absolute Gasteiger partial charge is 0.262 e. The first kappa shape index (κ1) is 20.8. The largest absolute Gasteiger partial charge is 0.483 e. The summed E-state index contributed by atoms with van der Waals surface area (Å²) in [6.07, 6.45) is 1.76. The molecule has 0 saturated carbocycles. The quantitative estimate of drug-likeness (QED) is 0.458. The lowest BCUT2D eigenvalue weighted by Crippen LogP contribution is -2.20. The number of benzene rings is 3. The van der Waals surface area contributed by atoms with Gasteiger partial charge in [0.15, 0.2) is 6.61 Å². The van der Waals surface area contributed by atoms with Crippen molar-refractivity contribution in [3.63, 3.8) is 0 Å². The van der Waals surface area contributed by atoms with Crippen LogP contribution in [0.3, 0.4) is 0 Å². The topological polar surface area (TPSA) is 50.7 Å². The third-order valence-corrected chi connectivity index (χ3v) is 4.83. The van der Waals surface area contributed by atoms with E-state index in [4.69, 9.17) is 4.74 Å². The summed E-state index contributed by atoms with van der Waals surface area (Å²) in [5.41, 5.74) is 5.80. The van der Waals surface area contributed by atoms with E-state index in [1.54, 1.807) is 6.21 Å². The molecular weight excluding hydrogens is 428 g/mol. The third kappa shape index (κ3) is 6.03. The number of carbonyl (C=O) groups excluding carboxylic acids is 1. The predicted octanol–water partition coefficient (Wildman–Crippen LogP) is 6.14. The van der Waals surface area contributed by atoms with Gasteiger partial charge < -0.3 is 10.1 Å². The molecule has 0 fully saturated rings. The standard InChI is InChI=1S/C24H23BrN2O2/c1-16-5-4-6-21(11-16)27-24(28)15-29-23-10-9-20(25)13-19(23)14-26-22-12-17(2)7-8-18(22)3/h4-14H,15H2,1-3H3,(H,27,28). The number of hydrogen-bond donors (Lipinski definition) is 1. The Hall–Kier alpha value is -2.92. The van der Waals surface area contributed by atoms with Crippen molar-refractivity contribution in [1.29, 1.82) is 0 Å². The monoisotopic (exact) mass is 450 g/mol. The Morgan fingerprint density at radius 2 is 1.83 bits per heavy atom. The molecule has 29 heavy (non-hydrogen) atoms. The van der Waals surface area contributed by atoms with Crippen LogP contribution in [0.4, 0.5) is 11.4 Å². The van der Waals surface area contributed by atoms with E-state index in [1.807, 2.05) is 69.3 Å². The molecule has 3 aromatic rings. The van der Waals surface area contributed by atoms with Crippen LogP contribution in [-0.2, 0) is 4.79 Å². The summed E-state index contributed by atoms with van der Waals surface area (Å²) >= 11 is 3.48. The second kappa shape index (κ2) is 9.52. The van der Waals surface area contributed by atoms with Gasteiger partial charge in [-0.2, -0.15) is 0 Å². The molecule has 4 nitrogen and oxygen atoms in total. The van der Waals surface area contributed by atoms with E-state index in [9.17, 15) is 4.79 Å². The lowest BCUT2D eigenvalue weighted by atomic mass is 10.1. The zero-order valence-corrected chi connectivity index (χ0v) is 18.3. The molecule has 0 bridgehead atoms. The van der Waals surface area contributed by atoms with Crippen molar-refractivity contribution >= 4 is 39.4 Å². The van der Waals surface area contributed by atoms with Crippen LogP contribution in [0.25, 0.3) is 0 Å². The minimum Gasteiger partial charge on any atom is -0.483 e. The molecule has 0 saturated heterocycles. The molecule has 1 amide bonds. The van der Waals surface area contributed by atoms with Crippen molar-refractivity contribution in [2.75, 3.05) is 11.9 Å². The average Bonchev–Trinajstić information content (AvgIpc) is 2.68. The number of aliphatic imine (C=N–C) groups is 1. The lowest BCUT2D eigenvalue weighted by molar-refractivity contribution is -0.118. The Morgan fingerprint density at radius 1 is 1.03 bits per heavy atom. The molecule has 5 heteroatoms. The Morgan fingerprint density at radius 3 is 2.62 bits per heavy atom. The molecule has 0 radical (unpaired) electrons. The van der Waals surface area contributed by atoms with E-state index < -0.39 is 0 Å². The molecule has 1 N–H and O–H groups in total. The van der Waals surface area contributed by atoms with Gasteiger partial charge in [-0.25, -0.2) is 0 Å². The number of nitrogens with one attached hydrogen (secondary N) is 1. The van der Waals surface area contributed by atoms with Gasteiger partial charge in [0.05, 0.1) is 5.69 Å². The summed E-state index contributed by atoms with van der Waals surface area (Å²) in [5.74, 6) is 0.387. The third-order valence-electron chi connectivity index (χ3n) is 4.34. The molecule has 0 aliphatic carbocycles. The molecule has 3 rings (SSSR count). The lowest BCUT2D eigenvalue weighted by Gasteiger charge is -2.10. The number of carbonyl (C=O) groups is 1. The predicted molar refractivity (Wildman–Crippen MR) is 123 cm³/mol. The van der Waals surface area contributed by atoms with Crippen LogP contribution in [-0.4, -0.2) is 18.7 Å². The Kier molecular flexibility index (Phi) is 6.83. The summed E-state index contributed by atoms with van der Waals surface area (Å²) < 4.78 is 6.69. The van der Waals surface area contributed by atoms with E-state index >= 15 is 0 Å². The molecule has 0 unspecified atom stereocenters. The van der Waals surface area contributed by atoms with E-state index in [-0.39, 0.29) is 12.5 Å². The van der Waals surface area contributed by atoms with Crippen LogP contribution in [0.2, 0.25) is 0 Å². The van der Waals surface area contributed by atoms with Gasteiger partial charge in [-0.05, 0) is 73.9 Å². The number of halogens is 1. The molecule has 148 valence electrons. The maximum Gasteiger partial charge on any atom is 0.262 e. The van der Waals surface area contributed by atoms with Crippen LogP contribution in [0.1, 0.15) is 22.3 Å². The van der Waals surface area contributed by atoms with Crippen LogP contribution in [0.15, 0.2) is 70.1 Å². The molecule has 0 spiro atoms. The Balaban J connectivity index is 1.72. The number of rotatable bonds is 6. The number of ether oxygens (including phenoxy) is 1. The number of anilines is 1. The van der Waals surface area contributed by atoms with Gasteiger partial charge in [-0.3, -0.25) is 9.79 Å². The summed E-state index contributed by atoms with van der Waals surface area (Å²) in [7, 11) is 0. The molecular formula is C24H23BrN2O2. The zero-order chi connectivity index (χ0) is 20.8. The van der Waals surface area contributed by atoms with Crippen LogP contribution in [0.5, 0.6) is 5.75 Å². The fraction of sp³-hybridized carbons (Fsp3) is 0.167. The number of nitrogens with zero attached hydrogens (tertiary/aromatic N) is 1. The Bertz CT molecular complexity index is 1060. The fourth-order valence-electron chi connectivity index (χ4n) is 2.81. The SMILES string of the molecule is Cc1cccc(NC(=O)COc2ccc(Br)cc2C=Nc2cc(C)ccc2C)c1. The van der Waals surface area contributed by atoms with Gasteiger partial charge in [-0.15, -0.1) is 0 Å². The summed E-state index contributed by atoms with van der Waals surface area (Å²) in [5, 5.41) is 2.85. The second-order valence-corrected chi connectivity index (χ2v) is 7.85. The number of hydrogen-bond acceptors (Lipinski definition) is 3. The fourth-order valence-corrected chi connectivity index (χ4v) is 3.19. The van der Waals surface area contributed by atoms with Gasteiger partial charge >= 0.3 is 0 Å². The molecule has 0 heterocycles. The van der Waals surface area contributed by atoms with E-state index in [1.165, 1.54) is 0 Å². The minimum absolute atomic E-state index is 0.0834. The molecule has 0 aliphatic heterocycles. The van der Waals surface area contributed by atoms with Gasteiger partial charge in [0.1, 0.15) is 5.75 Å². The number of amides is 1. The van der Waals surface area contributed by atoms with Crippen molar-refractivity contribution < 1.29 is 9.53 Å². The van der Waals surface area contributed by atoms with Crippen LogP contribution in [0, 0.1) is 20.8 Å². The van der Waals surface area contributed by atoms with Gasteiger partial charge in [0, 0.05) is 21.9 Å². The first-order chi connectivity index (χ1) is 13.9. The molecule has 0 atom stereocenters. The first-order valence-electron chi connectivity index (χ1n) is 9.31. The molecule has 0 aromatic heterocycles. The van der Waals surface area contributed by atoms with Crippen molar-refractivity contribution in [3.8, 4) is 5.75 Å². The zero-order valence-electron chi connectivity index (χ0n) is 16.7. The highest BCUT2D eigenvalue weighted by atomic mass is 79.9. The summed E-state index contributed by atoms with van der Waals surface area (Å²) in [6.45, 7) is 5.97. The van der Waals surface area contributed by atoms with Crippen molar-refractivity contribution in [2.24, 2.45) is 4.99 Å². The summed E-state index contributed by atoms with van der Waals surface area (Å²) in [6, 6.07) is 19.4. The highest BCUT2D eigenvalue weighted by molar-refractivity contribution is 9.10. The number of aryl methyl sites for hydroxylation is 3. The highest BCUT2D eigenvalue weighted by Crippen LogP contribution is 2.24. The van der Waals surface area contributed by atoms with Crippen molar-refractivity contribution in [3.05, 3.63) is 87.4 Å². The van der Waals surface area contributed by atoms with Gasteiger partial charge in [0.2, 0.25) is 0 Å². The summed E-state index contributed by atoms with van der Waals surface area (Å²) in [4.78, 5) is 16.9. The average molecular weight is 451 g/mol. The van der Waals surface area contributed by atoms with E-state index in [2.05, 4.69) is 38.4 Å². The van der Waals surface area contributed by atoms with Gasteiger partial charge in [0.25, 0.3) is 5.91 Å². The van der Waals surface area contributed by atoms with E-state index in [0.717, 1.165) is 38.1 Å². The maximum atomic E-state index is 12.3.